The van der Waals surface area contributed by atoms with Crippen LogP contribution in [-0.2, 0) is 4.79 Å². The normalized spacial score (nSPS) is 22.7. The number of hydrogen-bond acceptors (Lipinski definition) is 3. The van der Waals surface area contributed by atoms with Gasteiger partial charge in [-0.05, 0) is 12.5 Å². The highest BCUT2D eigenvalue weighted by Crippen LogP contribution is 2.37. The summed E-state index contributed by atoms with van der Waals surface area (Å²) in [5.74, 6) is 1.85. The summed E-state index contributed by atoms with van der Waals surface area (Å²) < 4.78 is 10.6. The van der Waals surface area contributed by atoms with E-state index < -0.39 is 0 Å². The Morgan fingerprint density at radius 2 is 2.11 bits per heavy atom. The SMILES string of the molecule is CCC1NC(=O)CC1c1ccc(OC)cc1OC. The Labute approximate surface area is 107 Å². The predicted molar refractivity (Wildman–Crippen MR) is 69.1 cm³/mol. The van der Waals surface area contributed by atoms with Gasteiger partial charge in [-0.1, -0.05) is 13.0 Å². The Hall–Kier alpha value is -1.71. The minimum Gasteiger partial charge on any atom is -0.497 e. The van der Waals surface area contributed by atoms with Crippen LogP contribution in [0.15, 0.2) is 18.2 Å². The van der Waals surface area contributed by atoms with E-state index in [0.717, 1.165) is 23.5 Å². The standard InChI is InChI=1S/C14H19NO3/c1-4-12-11(8-14(16)15-12)10-6-5-9(17-2)7-13(10)18-3/h5-7,11-12H,4,8H2,1-3H3,(H,15,16). The highest BCUT2D eigenvalue weighted by Gasteiger charge is 2.33. The zero-order chi connectivity index (χ0) is 13.1. The molecule has 0 spiro atoms. The predicted octanol–water partition coefficient (Wildman–Crippen LogP) is 2.09. The Bertz CT molecular complexity index is 445. The second-order valence-corrected chi connectivity index (χ2v) is 4.50. The Balaban J connectivity index is 2.34. The van der Waals surface area contributed by atoms with Crippen LogP contribution >= 0.6 is 0 Å². The van der Waals surface area contributed by atoms with E-state index in [9.17, 15) is 4.79 Å². The first-order chi connectivity index (χ1) is 8.69. The molecule has 98 valence electrons. The van der Waals surface area contributed by atoms with E-state index in [-0.39, 0.29) is 17.9 Å². The summed E-state index contributed by atoms with van der Waals surface area (Å²) in [7, 11) is 3.27. The number of methoxy groups -OCH3 is 2. The van der Waals surface area contributed by atoms with Crippen molar-refractivity contribution in [3.8, 4) is 11.5 Å². The van der Waals surface area contributed by atoms with Crippen LogP contribution in [0.25, 0.3) is 0 Å². The first-order valence-electron chi connectivity index (χ1n) is 6.20. The van der Waals surface area contributed by atoms with Crippen molar-refractivity contribution in [3.05, 3.63) is 23.8 Å². The van der Waals surface area contributed by atoms with Gasteiger partial charge in [0.15, 0.2) is 0 Å². The van der Waals surface area contributed by atoms with Crippen molar-refractivity contribution in [3.63, 3.8) is 0 Å². The number of carbonyl (C=O) groups excluding carboxylic acids is 1. The highest BCUT2D eigenvalue weighted by molar-refractivity contribution is 5.80. The molecule has 1 saturated heterocycles. The maximum atomic E-state index is 11.5. The second kappa shape index (κ2) is 5.29. The summed E-state index contributed by atoms with van der Waals surface area (Å²) in [5.41, 5.74) is 1.07. The van der Waals surface area contributed by atoms with Crippen molar-refractivity contribution >= 4 is 5.91 Å². The van der Waals surface area contributed by atoms with E-state index in [2.05, 4.69) is 12.2 Å². The zero-order valence-corrected chi connectivity index (χ0v) is 11.0. The molecule has 1 aliphatic rings. The van der Waals surface area contributed by atoms with Gasteiger partial charge in [0.05, 0.1) is 14.2 Å². The second-order valence-electron chi connectivity index (χ2n) is 4.50. The Kier molecular flexibility index (Phi) is 3.75. The third-order valence-electron chi connectivity index (χ3n) is 3.52. The Morgan fingerprint density at radius 3 is 2.72 bits per heavy atom. The molecule has 4 nitrogen and oxygen atoms in total. The number of hydrogen-bond donors (Lipinski definition) is 1. The van der Waals surface area contributed by atoms with Gasteiger partial charge in [-0.25, -0.2) is 0 Å². The summed E-state index contributed by atoms with van der Waals surface area (Å²) in [6.45, 7) is 2.08. The molecule has 1 aromatic rings. The number of ether oxygens (including phenoxy) is 2. The zero-order valence-electron chi connectivity index (χ0n) is 11.0. The third kappa shape index (κ3) is 2.28. The fraction of sp³-hybridized carbons (Fsp3) is 0.500. The van der Waals surface area contributed by atoms with Gasteiger partial charge in [-0.15, -0.1) is 0 Å². The molecule has 1 amide bonds. The molecule has 1 N–H and O–H groups in total. The largest absolute Gasteiger partial charge is 0.497 e. The van der Waals surface area contributed by atoms with E-state index in [0.29, 0.717) is 6.42 Å². The number of benzene rings is 1. The molecule has 0 aliphatic carbocycles. The van der Waals surface area contributed by atoms with E-state index in [1.54, 1.807) is 14.2 Å². The first kappa shape index (κ1) is 12.7. The van der Waals surface area contributed by atoms with Crippen molar-refractivity contribution in [2.75, 3.05) is 14.2 Å². The smallest absolute Gasteiger partial charge is 0.220 e. The van der Waals surface area contributed by atoms with Crippen LogP contribution in [-0.4, -0.2) is 26.2 Å². The number of rotatable bonds is 4. The number of amides is 1. The molecule has 0 aromatic heterocycles. The molecule has 2 atom stereocenters. The van der Waals surface area contributed by atoms with Crippen molar-refractivity contribution in [1.29, 1.82) is 0 Å². The quantitative estimate of drug-likeness (QED) is 0.888. The summed E-state index contributed by atoms with van der Waals surface area (Å²) in [6, 6.07) is 5.96. The summed E-state index contributed by atoms with van der Waals surface area (Å²) in [5, 5.41) is 3.01. The molecule has 18 heavy (non-hydrogen) atoms. The lowest BCUT2D eigenvalue weighted by Crippen LogP contribution is -2.27. The third-order valence-corrected chi connectivity index (χ3v) is 3.52. The lowest BCUT2D eigenvalue weighted by molar-refractivity contribution is -0.119. The average Bonchev–Trinajstić information content (AvgIpc) is 2.78. The van der Waals surface area contributed by atoms with Gasteiger partial charge in [-0.2, -0.15) is 0 Å². The van der Waals surface area contributed by atoms with Crippen LogP contribution in [0.2, 0.25) is 0 Å². The molecule has 2 unspecified atom stereocenters. The molecule has 1 heterocycles. The minimum atomic E-state index is 0.115. The monoisotopic (exact) mass is 249 g/mol. The van der Waals surface area contributed by atoms with Gasteiger partial charge in [0.25, 0.3) is 0 Å². The Morgan fingerprint density at radius 1 is 1.33 bits per heavy atom. The summed E-state index contributed by atoms with van der Waals surface area (Å²) in [6.07, 6.45) is 1.45. The highest BCUT2D eigenvalue weighted by atomic mass is 16.5. The van der Waals surface area contributed by atoms with Gasteiger partial charge >= 0.3 is 0 Å². The van der Waals surface area contributed by atoms with Crippen molar-refractivity contribution < 1.29 is 14.3 Å². The molecule has 0 saturated carbocycles. The fourth-order valence-corrected chi connectivity index (χ4v) is 2.55. The molecular formula is C14H19NO3. The fourth-order valence-electron chi connectivity index (χ4n) is 2.55. The molecule has 1 aliphatic heterocycles. The first-order valence-corrected chi connectivity index (χ1v) is 6.20. The lowest BCUT2D eigenvalue weighted by Gasteiger charge is -2.20. The van der Waals surface area contributed by atoms with E-state index in [1.165, 1.54) is 0 Å². The van der Waals surface area contributed by atoms with E-state index >= 15 is 0 Å². The molecule has 2 rings (SSSR count). The van der Waals surface area contributed by atoms with Gasteiger partial charge < -0.3 is 14.8 Å². The van der Waals surface area contributed by atoms with Gasteiger partial charge in [0.2, 0.25) is 5.91 Å². The van der Waals surface area contributed by atoms with E-state index in [1.807, 2.05) is 18.2 Å². The van der Waals surface area contributed by atoms with Crippen LogP contribution < -0.4 is 14.8 Å². The van der Waals surface area contributed by atoms with Crippen LogP contribution in [0.5, 0.6) is 11.5 Å². The summed E-state index contributed by atoms with van der Waals surface area (Å²) in [4.78, 5) is 11.5. The minimum absolute atomic E-state index is 0.115. The topological polar surface area (TPSA) is 47.6 Å². The van der Waals surface area contributed by atoms with Gasteiger partial charge in [0, 0.05) is 30.0 Å². The average molecular weight is 249 g/mol. The van der Waals surface area contributed by atoms with Gasteiger partial charge in [0.1, 0.15) is 11.5 Å². The molecule has 0 bridgehead atoms. The van der Waals surface area contributed by atoms with E-state index in [4.69, 9.17) is 9.47 Å². The van der Waals surface area contributed by atoms with Crippen LogP contribution in [0, 0.1) is 0 Å². The van der Waals surface area contributed by atoms with Crippen LogP contribution in [0.4, 0.5) is 0 Å². The molecule has 1 aromatic carbocycles. The maximum absolute atomic E-state index is 11.5. The molecule has 1 fully saturated rings. The van der Waals surface area contributed by atoms with Crippen molar-refractivity contribution in [2.45, 2.75) is 31.7 Å². The van der Waals surface area contributed by atoms with Crippen LogP contribution in [0.1, 0.15) is 31.2 Å². The molecule has 0 radical (unpaired) electrons. The van der Waals surface area contributed by atoms with Crippen LogP contribution in [0.3, 0.4) is 0 Å². The summed E-state index contributed by atoms with van der Waals surface area (Å²) >= 11 is 0. The number of carbonyl (C=O) groups is 1. The molecular weight excluding hydrogens is 230 g/mol. The maximum Gasteiger partial charge on any atom is 0.220 e. The lowest BCUT2D eigenvalue weighted by atomic mass is 9.90. The van der Waals surface area contributed by atoms with Crippen molar-refractivity contribution in [1.82, 2.24) is 5.32 Å². The van der Waals surface area contributed by atoms with Crippen molar-refractivity contribution in [2.24, 2.45) is 0 Å². The molecule has 4 heteroatoms. The number of nitrogens with one attached hydrogen (secondary N) is 1. The van der Waals surface area contributed by atoms with Gasteiger partial charge in [-0.3, -0.25) is 4.79 Å².